The summed E-state index contributed by atoms with van der Waals surface area (Å²) in [6.07, 6.45) is 2.09. The van der Waals surface area contributed by atoms with Crippen LogP contribution in [0.15, 0.2) is 30.9 Å². The van der Waals surface area contributed by atoms with E-state index in [1.54, 1.807) is 23.1 Å². The molecule has 35 heavy (non-hydrogen) atoms. The summed E-state index contributed by atoms with van der Waals surface area (Å²) in [5.41, 5.74) is 1.34. The van der Waals surface area contributed by atoms with Gasteiger partial charge in [0.15, 0.2) is 0 Å². The second-order valence-electron chi connectivity index (χ2n) is 9.88. The molecule has 0 radical (unpaired) electrons. The van der Waals surface area contributed by atoms with Crippen LogP contribution in [-0.2, 0) is 14.4 Å². The third-order valence-corrected chi connectivity index (χ3v) is 11.1. The van der Waals surface area contributed by atoms with Crippen LogP contribution in [-0.4, -0.2) is 73.0 Å². The van der Waals surface area contributed by atoms with E-state index in [2.05, 4.69) is 22.5 Å². The molecule has 1 aromatic rings. The number of fused-ring (bicyclic) bond motifs is 1. The van der Waals surface area contributed by atoms with Gasteiger partial charge in [-0.15, -0.1) is 18.3 Å². The van der Waals surface area contributed by atoms with E-state index in [0.717, 1.165) is 5.56 Å². The Bertz CT molecular complexity index is 1050. The van der Waals surface area contributed by atoms with Gasteiger partial charge < -0.3 is 20.0 Å². The summed E-state index contributed by atoms with van der Waals surface area (Å²) >= 11 is 11.6. The van der Waals surface area contributed by atoms with Gasteiger partial charge in [-0.3, -0.25) is 14.4 Å². The molecular weight excluding hydrogens is 556 g/mol. The van der Waals surface area contributed by atoms with Gasteiger partial charge in [0.25, 0.3) is 5.91 Å². The number of hydrogen-bond donors (Lipinski definition) is 2. The largest absolute Gasteiger partial charge is 0.481 e. The first-order valence-corrected chi connectivity index (χ1v) is 13.8. The number of aryl methyl sites for hydroxylation is 1. The van der Waals surface area contributed by atoms with Crippen molar-refractivity contribution in [1.29, 1.82) is 0 Å². The van der Waals surface area contributed by atoms with Crippen LogP contribution >= 0.6 is 39.3 Å². The van der Waals surface area contributed by atoms with Crippen LogP contribution in [0.5, 0.6) is 0 Å². The fraction of sp³-hybridized carbons (Fsp3) is 0.560. The highest BCUT2D eigenvalue weighted by Gasteiger charge is 2.76. The Kier molecular flexibility index (Phi) is 7.37. The minimum absolute atomic E-state index is 0.144. The lowest BCUT2D eigenvalue weighted by molar-refractivity contribution is -0.149. The number of carbonyl (C=O) groups excluding carboxylic acids is 2. The van der Waals surface area contributed by atoms with E-state index in [-0.39, 0.29) is 41.0 Å². The molecule has 3 aliphatic heterocycles. The van der Waals surface area contributed by atoms with Gasteiger partial charge in [0.1, 0.15) is 6.04 Å². The normalized spacial score (nSPS) is 32.1. The predicted molar refractivity (Wildman–Crippen MR) is 141 cm³/mol. The highest BCUT2D eigenvalue weighted by atomic mass is 79.9. The van der Waals surface area contributed by atoms with Crippen LogP contribution in [0.2, 0.25) is 5.02 Å². The second-order valence-corrected chi connectivity index (χ2v) is 13.0. The highest BCUT2D eigenvalue weighted by Crippen LogP contribution is 2.68. The van der Waals surface area contributed by atoms with Crippen molar-refractivity contribution in [3.05, 3.63) is 41.4 Å². The fourth-order valence-electron chi connectivity index (χ4n) is 6.14. The van der Waals surface area contributed by atoms with E-state index < -0.39 is 34.6 Å². The van der Waals surface area contributed by atoms with Crippen molar-refractivity contribution in [3.8, 4) is 0 Å². The lowest BCUT2D eigenvalue weighted by Crippen LogP contribution is -2.59. The third kappa shape index (κ3) is 3.93. The number of carboxylic acids is 1. The third-order valence-electron chi connectivity index (χ3n) is 7.60. The van der Waals surface area contributed by atoms with E-state index in [9.17, 15) is 24.6 Å². The molecule has 2 bridgehead atoms. The molecule has 0 aliphatic carbocycles. The van der Waals surface area contributed by atoms with E-state index in [1.165, 1.54) is 16.7 Å². The molecule has 190 valence electrons. The molecule has 3 saturated heterocycles. The molecule has 2 N–H and O–H groups in total. The van der Waals surface area contributed by atoms with Gasteiger partial charge in [-0.2, -0.15) is 0 Å². The number of halogens is 2. The Morgan fingerprint density at radius 2 is 2.11 bits per heavy atom. The summed E-state index contributed by atoms with van der Waals surface area (Å²) in [7, 11) is 0. The highest BCUT2D eigenvalue weighted by molar-refractivity contribution is 9.09. The van der Waals surface area contributed by atoms with Crippen molar-refractivity contribution >= 4 is 62.8 Å². The molecule has 2 amide bonds. The minimum atomic E-state index is -1.03. The number of carbonyl (C=O) groups is 3. The number of nitrogens with zero attached hydrogens (tertiary/aromatic N) is 2. The number of aliphatic carboxylic acids is 1. The van der Waals surface area contributed by atoms with E-state index in [0.29, 0.717) is 17.1 Å². The number of aliphatic hydroxyl groups excluding tert-OH is 1. The van der Waals surface area contributed by atoms with Crippen molar-refractivity contribution in [2.75, 3.05) is 18.1 Å². The molecular formula is C25H30BrClN2O5S. The van der Waals surface area contributed by atoms with Crippen LogP contribution in [0.25, 0.3) is 0 Å². The SMILES string of the molecule is C=CCN(C(=O)C1N([C@@H](CO)C(C)C)C(=O)[C@@H]2[C@H](C(=O)O)[C@H]3SC12CC3Br)c1c(C)cccc1Cl. The number of para-hydroxylation sites is 1. The summed E-state index contributed by atoms with van der Waals surface area (Å²) in [6, 6.07) is 3.80. The van der Waals surface area contributed by atoms with Crippen LogP contribution in [0, 0.1) is 24.7 Å². The number of anilines is 1. The molecule has 4 rings (SSSR count). The molecule has 3 unspecified atom stereocenters. The predicted octanol–water partition coefficient (Wildman–Crippen LogP) is 3.73. The molecule has 0 aromatic heterocycles. The van der Waals surface area contributed by atoms with Crippen molar-refractivity contribution in [3.63, 3.8) is 0 Å². The lowest BCUT2D eigenvalue weighted by Gasteiger charge is -2.41. The van der Waals surface area contributed by atoms with Crippen LogP contribution in [0.3, 0.4) is 0 Å². The number of hydrogen-bond acceptors (Lipinski definition) is 5. The van der Waals surface area contributed by atoms with Crippen LogP contribution in [0.1, 0.15) is 25.8 Å². The zero-order valence-corrected chi connectivity index (χ0v) is 23.0. The number of likely N-dealkylation sites (tertiary alicyclic amines) is 1. The average molecular weight is 586 g/mol. The monoisotopic (exact) mass is 584 g/mol. The second kappa shape index (κ2) is 9.72. The maximum atomic E-state index is 14.5. The van der Waals surface area contributed by atoms with Gasteiger partial charge >= 0.3 is 5.97 Å². The Morgan fingerprint density at radius 1 is 1.43 bits per heavy atom. The Hall–Kier alpha value is -1.55. The average Bonchev–Trinajstić information content (AvgIpc) is 3.37. The number of carboxylic acid groups (broad SMARTS) is 1. The van der Waals surface area contributed by atoms with Gasteiger partial charge in [0.05, 0.1) is 39.9 Å². The van der Waals surface area contributed by atoms with Gasteiger partial charge in [0.2, 0.25) is 5.91 Å². The fourth-order valence-corrected chi connectivity index (χ4v) is 10.0. The van der Waals surface area contributed by atoms with Gasteiger partial charge in [-0.1, -0.05) is 59.6 Å². The number of aliphatic hydroxyl groups is 1. The quantitative estimate of drug-likeness (QED) is 0.356. The summed E-state index contributed by atoms with van der Waals surface area (Å²) in [5, 5.41) is 20.5. The van der Waals surface area contributed by atoms with Gasteiger partial charge in [-0.05, 0) is 30.9 Å². The lowest BCUT2D eigenvalue weighted by atomic mass is 9.71. The molecule has 7 nitrogen and oxygen atoms in total. The van der Waals surface area contributed by atoms with E-state index in [1.807, 2.05) is 26.8 Å². The Labute approximate surface area is 223 Å². The summed E-state index contributed by atoms with van der Waals surface area (Å²) in [4.78, 5) is 43.7. The van der Waals surface area contributed by atoms with Crippen molar-refractivity contribution in [1.82, 2.24) is 4.90 Å². The van der Waals surface area contributed by atoms with Crippen molar-refractivity contribution < 1.29 is 24.6 Å². The zero-order valence-electron chi connectivity index (χ0n) is 19.9. The smallest absolute Gasteiger partial charge is 0.308 e. The molecule has 3 aliphatic rings. The maximum absolute atomic E-state index is 14.5. The van der Waals surface area contributed by atoms with Crippen LogP contribution in [0.4, 0.5) is 5.69 Å². The molecule has 0 saturated carbocycles. The zero-order chi connectivity index (χ0) is 25.8. The van der Waals surface area contributed by atoms with Gasteiger partial charge in [-0.25, -0.2) is 0 Å². The first kappa shape index (κ1) is 26.5. The number of alkyl halides is 1. The number of thioether (sulfide) groups is 1. The first-order valence-electron chi connectivity index (χ1n) is 11.7. The topological polar surface area (TPSA) is 98.2 Å². The van der Waals surface area contributed by atoms with Gasteiger partial charge in [0, 0.05) is 16.6 Å². The van der Waals surface area contributed by atoms with Crippen LogP contribution < -0.4 is 4.90 Å². The van der Waals surface area contributed by atoms with Crippen molar-refractivity contribution in [2.24, 2.45) is 17.8 Å². The number of amides is 2. The summed E-state index contributed by atoms with van der Waals surface area (Å²) < 4.78 is -0.924. The summed E-state index contributed by atoms with van der Waals surface area (Å²) in [6.45, 7) is 9.29. The molecule has 7 atom stereocenters. The van der Waals surface area contributed by atoms with Crippen molar-refractivity contribution in [2.45, 2.75) is 54.1 Å². The van der Waals surface area contributed by atoms with E-state index >= 15 is 0 Å². The number of rotatable bonds is 8. The minimum Gasteiger partial charge on any atom is -0.481 e. The molecule has 10 heteroatoms. The first-order chi connectivity index (χ1) is 16.5. The van der Waals surface area contributed by atoms with E-state index in [4.69, 9.17) is 11.6 Å². The molecule has 3 fully saturated rings. The summed E-state index contributed by atoms with van der Waals surface area (Å²) in [5.74, 6) is -3.64. The molecule has 3 heterocycles. The Morgan fingerprint density at radius 3 is 2.66 bits per heavy atom. The molecule has 1 spiro atoms. The molecule has 1 aromatic carbocycles. The Balaban J connectivity index is 1.90. The number of benzene rings is 1. The maximum Gasteiger partial charge on any atom is 0.308 e. The standard InChI is InChI=1S/C25H30BrClN2O5S/c1-5-9-28(19-13(4)7-6-8-15(19)27)23(32)21-25-10-14(26)20(35-25)17(24(33)34)18(25)22(31)29(21)16(11-30)12(2)3/h5-8,12,14,16-18,20-21,30H,1,9-11H2,2-4H3,(H,33,34)/t14?,16-,17-,18-,20-,21?,25?/m0/s1.